The van der Waals surface area contributed by atoms with Gasteiger partial charge in [0, 0.05) is 50.5 Å². The van der Waals surface area contributed by atoms with E-state index in [4.69, 9.17) is 10.5 Å². The summed E-state index contributed by atoms with van der Waals surface area (Å²) in [5.74, 6) is 1.94. The molecular formula is C16H25N3O. The number of anilines is 1. The fourth-order valence-electron chi connectivity index (χ4n) is 2.96. The standard InChI is InChI=1S/C16H25N3O/c1-20-16-5-4-15(17)10-14(16)12-19-8-6-18(7-9-19)11-13-2-3-13/h4-5,10,13H,2-3,6-9,11-12,17H2,1H3. The van der Waals surface area contributed by atoms with Gasteiger partial charge < -0.3 is 15.4 Å². The molecule has 0 spiro atoms. The Bertz CT molecular complexity index is 451. The fourth-order valence-corrected chi connectivity index (χ4v) is 2.96. The molecule has 4 nitrogen and oxygen atoms in total. The van der Waals surface area contributed by atoms with E-state index in [1.165, 1.54) is 38.0 Å². The van der Waals surface area contributed by atoms with Gasteiger partial charge in [0.25, 0.3) is 0 Å². The molecule has 2 N–H and O–H groups in total. The van der Waals surface area contributed by atoms with E-state index in [-0.39, 0.29) is 0 Å². The van der Waals surface area contributed by atoms with Gasteiger partial charge in [0.1, 0.15) is 5.75 Å². The number of piperazine rings is 1. The van der Waals surface area contributed by atoms with Crippen LogP contribution in [0.4, 0.5) is 5.69 Å². The zero-order valence-electron chi connectivity index (χ0n) is 12.3. The average Bonchev–Trinajstić information content (AvgIpc) is 3.25. The van der Waals surface area contributed by atoms with Gasteiger partial charge in [-0.05, 0) is 37.0 Å². The van der Waals surface area contributed by atoms with Crippen molar-refractivity contribution in [2.45, 2.75) is 19.4 Å². The molecule has 2 aliphatic rings. The van der Waals surface area contributed by atoms with Crippen LogP contribution in [0.1, 0.15) is 18.4 Å². The number of hydrogen-bond donors (Lipinski definition) is 1. The highest BCUT2D eigenvalue weighted by molar-refractivity contribution is 5.47. The Morgan fingerprint density at radius 1 is 1.15 bits per heavy atom. The number of rotatable bonds is 5. The van der Waals surface area contributed by atoms with Crippen LogP contribution in [0.25, 0.3) is 0 Å². The number of hydrogen-bond acceptors (Lipinski definition) is 4. The average molecular weight is 275 g/mol. The highest BCUT2D eigenvalue weighted by Gasteiger charge is 2.26. The van der Waals surface area contributed by atoms with E-state index in [1.807, 2.05) is 18.2 Å². The predicted octanol–water partition coefficient (Wildman–Crippen LogP) is 1.80. The van der Waals surface area contributed by atoms with Gasteiger partial charge >= 0.3 is 0 Å². The number of nitrogens with zero attached hydrogens (tertiary/aromatic N) is 2. The topological polar surface area (TPSA) is 41.7 Å². The van der Waals surface area contributed by atoms with E-state index < -0.39 is 0 Å². The molecule has 20 heavy (non-hydrogen) atoms. The molecule has 0 bridgehead atoms. The van der Waals surface area contributed by atoms with Crippen LogP contribution in [-0.2, 0) is 6.54 Å². The third-order valence-corrected chi connectivity index (χ3v) is 4.38. The second-order valence-electron chi connectivity index (χ2n) is 6.09. The first-order chi connectivity index (χ1) is 9.74. The van der Waals surface area contributed by atoms with Gasteiger partial charge in [0.2, 0.25) is 0 Å². The van der Waals surface area contributed by atoms with Gasteiger partial charge in [-0.25, -0.2) is 0 Å². The maximum absolute atomic E-state index is 5.89. The summed E-state index contributed by atoms with van der Waals surface area (Å²) < 4.78 is 5.43. The molecule has 1 aromatic carbocycles. The van der Waals surface area contributed by atoms with Crippen LogP contribution in [-0.4, -0.2) is 49.6 Å². The minimum absolute atomic E-state index is 0.813. The van der Waals surface area contributed by atoms with Crippen molar-refractivity contribution >= 4 is 5.69 Å². The lowest BCUT2D eigenvalue weighted by Gasteiger charge is -2.35. The van der Waals surface area contributed by atoms with Gasteiger partial charge in [0.15, 0.2) is 0 Å². The summed E-state index contributed by atoms with van der Waals surface area (Å²) >= 11 is 0. The lowest BCUT2D eigenvalue weighted by molar-refractivity contribution is 0.122. The first-order valence-electron chi connectivity index (χ1n) is 7.61. The minimum atomic E-state index is 0.813. The first-order valence-corrected chi connectivity index (χ1v) is 7.61. The van der Waals surface area contributed by atoms with Crippen LogP contribution < -0.4 is 10.5 Å². The van der Waals surface area contributed by atoms with E-state index in [9.17, 15) is 0 Å². The number of ether oxygens (including phenoxy) is 1. The SMILES string of the molecule is COc1ccc(N)cc1CN1CCN(CC2CC2)CC1. The molecule has 4 heteroatoms. The maximum atomic E-state index is 5.89. The van der Waals surface area contributed by atoms with E-state index in [1.54, 1.807) is 7.11 Å². The van der Waals surface area contributed by atoms with E-state index in [0.29, 0.717) is 0 Å². The Morgan fingerprint density at radius 2 is 1.85 bits per heavy atom. The Labute approximate surface area is 121 Å². The largest absolute Gasteiger partial charge is 0.496 e. The molecule has 0 atom stereocenters. The smallest absolute Gasteiger partial charge is 0.123 e. The zero-order valence-corrected chi connectivity index (χ0v) is 12.3. The van der Waals surface area contributed by atoms with Crippen LogP contribution in [0.2, 0.25) is 0 Å². The predicted molar refractivity (Wildman–Crippen MR) is 81.8 cm³/mol. The van der Waals surface area contributed by atoms with Crippen molar-refractivity contribution in [3.8, 4) is 5.75 Å². The summed E-state index contributed by atoms with van der Waals surface area (Å²) in [5, 5.41) is 0. The van der Waals surface area contributed by atoms with Crippen molar-refractivity contribution < 1.29 is 4.74 Å². The van der Waals surface area contributed by atoms with E-state index >= 15 is 0 Å². The van der Waals surface area contributed by atoms with Crippen molar-refractivity contribution in [2.24, 2.45) is 5.92 Å². The van der Waals surface area contributed by atoms with Crippen molar-refractivity contribution in [3.63, 3.8) is 0 Å². The molecule has 0 aromatic heterocycles. The van der Waals surface area contributed by atoms with Crippen LogP contribution in [0.3, 0.4) is 0 Å². The highest BCUT2D eigenvalue weighted by atomic mass is 16.5. The summed E-state index contributed by atoms with van der Waals surface area (Å²) in [7, 11) is 1.72. The van der Waals surface area contributed by atoms with Crippen LogP contribution in [0, 0.1) is 5.92 Å². The molecule has 1 aliphatic carbocycles. The molecule has 3 rings (SSSR count). The number of nitrogens with two attached hydrogens (primary N) is 1. The van der Waals surface area contributed by atoms with Gasteiger partial charge in [-0.3, -0.25) is 4.90 Å². The third kappa shape index (κ3) is 3.44. The Morgan fingerprint density at radius 3 is 2.50 bits per heavy atom. The van der Waals surface area contributed by atoms with Crippen molar-refractivity contribution in [3.05, 3.63) is 23.8 Å². The fraction of sp³-hybridized carbons (Fsp3) is 0.625. The summed E-state index contributed by atoms with van der Waals surface area (Å²) in [6.45, 7) is 6.93. The molecule has 1 aliphatic heterocycles. The van der Waals surface area contributed by atoms with Crippen molar-refractivity contribution in [1.29, 1.82) is 0 Å². The van der Waals surface area contributed by atoms with Gasteiger partial charge in [-0.1, -0.05) is 0 Å². The lowest BCUT2D eigenvalue weighted by atomic mass is 10.1. The third-order valence-electron chi connectivity index (χ3n) is 4.38. The van der Waals surface area contributed by atoms with Crippen molar-refractivity contribution in [1.82, 2.24) is 9.80 Å². The summed E-state index contributed by atoms with van der Waals surface area (Å²) in [5.41, 5.74) is 7.90. The quantitative estimate of drug-likeness (QED) is 0.832. The van der Waals surface area contributed by atoms with E-state index in [0.717, 1.165) is 37.0 Å². The molecule has 110 valence electrons. The molecule has 0 amide bonds. The normalized spacial score (nSPS) is 21.1. The molecule has 2 fully saturated rings. The summed E-state index contributed by atoms with van der Waals surface area (Å²) in [6.07, 6.45) is 2.89. The zero-order chi connectivity index (χ0) is 13.9. The highest BCUT2D eigenvalue weighted by Crippen LogP contribution is 2.30. The lowest BCUT2D eigenvalue weighted by Crippen LogP contribution is -2.46. The first kappa shape index (κ1) is 13.7. The second-order valence-corrected chi connectivity index (χ2v) is 6.09. The van der Waals surface area contributed by atoms with E-state index in [2.05, 4.69) is 9.80 Å². The molecule has 0 radical (unpaired) electrons. The molecule has 1 saturated heterocycles. The Kier molecular flexibility index (Phi) is 4.13. The van der Waals surface area contributed by atoms with Crippen LogP contribution >= 0.6 is 0 Å². The minimum Gasteiger partial charge on any atom is -0.496 e. The maximum Gasteiger partial charge on any atom is 0.123 e. The molecule has 1 saturated carbocycles. The Hall–Kier alpha value is -1.26. The molecule has 1 aromatic rings. The molecule has 0 unspecified atom stereocenters. The van der Waals surface area contributed by atoms with Gasteiger partial charge in [-0.2, -0.15) is 0 Å². The number of methoxy groups -OCH3 is 1. The molecular weight excluding hydrogens is 250 g/mol. The van der Waals surface area contributed by atoms with Crippen molar-refractivity contribution in [2.75, 3.05) is 45.6 Å². The van der Waals surface area contributed by atoms with Crippen LogP contribution in [0.15, 0.2) is 18.2 Å². The molecule has 1 heterocycles. The number of nitrogen functional groups attached to an aromatic ring is 1. The summed E-state index contributed by atoms with van der Waals surface area (Å²) in [4.78, 5) is 5.12. The second kappa shape index (κ2) is 6.02. The van der Waals surface area contributed by atoms with Gasteiger partial charge in [0.05, 0.1) is 7.11 Å². The summed E-state index contributed by atoms with van der Waals surface area (Å²) in [6, 6.07) is 5.90. The number of benzene rings is 1. The Balaban J connectivity index is 1.54. The van der Waals surface area contributed by atoms with Crippen LogP contribution in [0.5, 0.6) is 5.75 Å². The van der Waals surface area contributed by atoms with Gasteiger partial charge in [-0.15, -0.1) is 0 Å². The monoisotopic (exact) mass is 275 g/mol.